The standard InChI is InChI=1S/C17H21ClN4O/c18-16-6-5-14(22-11-4-7-20-22)13-15(16)17(23)19-8-12-21-9-2-1-3-10-21/h4-7,11,13H,1-3,8-10,12H2,(H,19,23). The largest absolute Gasteiger partial charge is 0.351 e. The van der Waals surface area contributed by atoms with E-state index in [2.05, 4.69) is 15.3 Å². The van der Waals surface area contributed by atoms with Crippen molar-refractivity contribution >= 4 is 17.5 Å². The van der Waals surface area contributed by atoms with Crippen molar-refractivity contribution in [3.63, 3.8) is 0 Å². The summed E-state index contributed by atoms with van der Waals surface area (Å²) in [5.74, 6) is -0.138. The Morgan fingerprint density at radius 3 is 2.83 bits per heavy atom. The fourth-order valence-electron chi connectivity index (χ4n) is 2.86. The third kappa shape index (κ3) is 4.12. The Kier molecular flexibility index (Phi) is 5.31. The number of rotatable bonds is 5. The average Bonchev–Trinajstić information content (AvgIpc) is 3.10. The minimum absolute atomic E-state index is 0.138. The minimum atomic E-state index is -0.138. The molecule has 1 saturated heterocycles. The van der Waals surface area contributed by atoms with Gasteiger partial charge in [-0.2, -0.15) is 5.10 Å². The Bertz CT molecular complexity index is 651. The molecule has 1 fully saturated rings. The lowest BCUT2D eigenvalue weighted by molar-refractivity contribution is 0.0946. The Balaban J connectivity index is 1.61. The van der Waals surface area contributed by atoms with Crippen LogP contribution in [0, 0.1) is 0 Å². The number of piperidine rings is 1. The number of benzene rings is 1. The second-order valence-corrected chi connectivity index (χ2v) is 6.18. The molecule has 0 bridgehead atoms. The molecule has 1 amide bonds. The van der Waals surface area contributed by atoms with Gasteiger partial charge in [0.1, 0.15) is 0 Å². The normalized spacial score (nSPS) is 15.5. The number of amides is 1. The smallest absolute Gasteiger partial charge is 0.252 e. The molecule has 122 valence electrons. The lowest BCUT2D eigenvalue weighted by Crippen LogP contribution is -2.37. The van der Waals surface area contributed by atoms with Gasteiger partial charge in [-0.3, -0.25) is 4.79 Å². The third-order valence-electron chi connectivity index (χ3n) is 4.13. The molecule has 3 rings (SSSR count). The summed E-state index contributed by atoms with van der Waals surface area (Å²) in [6.07, 6.45) is 7.37. The molecule has 1 aliphatic rings. The molecule has 5 nitrogen and oxygen atoms in total. The van der Waals surface area contributed by atoms with Gasteiger partial charge in [0, 0.05) is 25.5 Å². The van der Waals surface area contributed by atoms with E-state index < -0.39 is 0 Å². The second-order valence-electron chi connectivity index (χ2n) is 5.77. The predicted octanol–water partition coefficient (Wildman–Crippen LogP) is 2.74. The molecule has 1 aromatic carbocycles. The topological polar surface area (TPSA) is 50.2 Å². The van der Waals surface area contributed by atoms with Crippen LogP contribution in [0.3, 0.4) is 0 Å². The Hall–Kier alpha value is -1.85. The number of halogens is 1. The summed E-state index contributed by atoms with van der Waals surface area (Å²) >= 11 is 6.18. The summed E-state index contributed by atoms with van der Waals surface area (Å²) in [7, 11) is 0. The third-order valence-corrected chi connectivity index (χ3v) is 4.46. The van der Waals surface area contributed by atoms with Crippen molar-refractivity contribution in [2.24, 2.45) is 0 Å². The Labute approximate surface area is 141 Å². The molecule has 1 N–H and O–H groups in total. The van der Waals surface area contributed by atoms with Crippen LogP contribution in [0.1, 0.15) is 29.6 Å². The number of likely N-dealkylation sites (tertiary alicyclic amines) is 1. The first-order valence-corrected chi connectivity index (χ1v) is 8.42. The fourth-order valence-corrected chi connectivity index (χ4v) is 3.06. The van der Waals surface area contributed by atoms with Gasteiger partial charge in [0.2, 0.25) is 0 Å². The van der Waals surface area contributed by atoms with E-state index in [0.29, 0.717) is 17.1 Å². The highest BCUT2D eigenvalue weighted by atomic mass is 35.5. The number of hydrogen-bond donors (Lipinski definition) is 1. The number of nitrogens with zero attached hydrogens (tertiary/aromatic N) is 3. The minimum Gasteiger partial charge on any atom is -0.351 e. The molecule has 0 unspecified atom stereocenters. The van der Waals surface area contributed by atoms with Crippen LogP contribution in [0.5, 0.6) is 0 Å². The van der Waals surface area contributed by atoms with Crippen molar-refractivity contribution in [2.75, 3.05) is 26.2 Å². The number of carbonyl (C=O) groups excluding carboxylic acids is 1. The van der Waals surface area contributed by atoms with E-state index in [9.17, 15) is 4.79 Å². The summed E-state index contributed by atoms with van der Waals surface area (Å²) in [5, 5.41) is 7.59. The average molecular weight is 333 g/mol. The summed E-state index contributed by atoms with van der Waals surface area (Å²) in [5.41, 5.74) is 1.30. The summed E-state index contributed by atoms with van der Waals surface area (Å²) in [6.45, 7) is 3.79. The maximum absolute atomic E-state index is 12.4. The first-order chi connectivity index (χ1) is 11.2. The van der Waals surface area contributed by atoms with Crippen LogP contribution in [0.15, 0.2) is 36.7 Å². The molecule has 0 radical (unpaired) electrons. The van der Waals surface area contributed by atoms with Crippen molar-refractivity contribution < 1.29 is 4.79 Å². The summed E-state index contributed by atoms with van der Waals surface area (Å²) < 4.78 is 1.71. The van der Waals surface area contributed by atoms with Gasteiger partial charge in [0.15, 0.2) is 0 Å². The van der Waals surface area contributed by atoms with Gasteiger partial charge in [-0.1, -0.05) is 18.0 Å². The molecule has 23 heavy (non-hydrogen) atoms. The molecule has 1 aliphatic heterocycles. The van der Waals surface area contributed by atoms with Crippen molar-refractivity contribution in [3.05, 3.63) is 47.2 Å². The zero-order chi connectivity index (χ0) is 16.1. The van der Waals surface area contributed by atoms with E-state index in [-0.39, 0.29) is 5.91 Å². The molecule has 0 saturated carbocycles. The van der Waals surface area contributed by atoms with E-state index in [1.165, 1.54) is 19.3 Å². The molecular weight excluding hydrogens is 312 g/mol. The predicted molar refractivity (Wildman–Crippen MR) is 91.2 cm³/mol. The van der Waals surface area contributed by atoms with Crippen LogP contribution < -0.4 is 5.32 Å². The molecular formula is C17H21ClN4O. The highest BCUT2D eigenvalue weighted by Gasteiger charge is 2.13. The zero-order valence-electron chi connectivity index (χ0n) is 13.0. The van der Waals surface area contributed by atoms with E-state index in [1.54, 1.807) is 23.0 Å². The van der Waals surface area contributed by atoms with Crippen molar-refractivity contribution in [2.45, 2.75) is 19.3 Å². The molecule has 0 aliphatic carbocycles. The maximum Gasteiger partial charge on any atom is 0.252 e. The molecule has 1 aromatic heterocycles. The fraction of sp³-hybridized carbons (Fsp3) is 0.412. The Morgan fingerprint density at radius 1 is 1.26 bits per heavy atom. The van der Waals surface area contributed by atoms with Crippen LogP contribution in [0.25, 0.3) is 5.69 Å². The van der Waals surface area contributed by atoms with Gasteiger partial charge in [-0.25, -0.2) is 4.68 Å². The highest BCUT2D eigenvalue weighted by molar-refractivity contribution is 6.33. The number of nitrogens with one attached hydrogen (secondary N) is 1. The second kappa shape index (κ2) is 7.62. The number of hydrogen-bond acceptors (Lipinski definition) is 3. The van der Waals surface area contributed by atoms with Gasteiger partial charge in [-0.15, -0.1) is 0 Å². The lowest BCUT2D eigenvalue weighted by atomic mass is 10.1. The van der Waals surface area contributed by atoms with Crippen LogP contribution in [0.4, 0.5) is 0 Å². The van der Waals surface area contributed by atoms with Gasteiger partial charge in [0.05, 0.1) is 16.3 Å². The van der Waals surface area contributed by atoms with Crippen LogP contribution in [-0.4, -0.2) is 46.8 Å². The van der Waals surface area contributed by atoms with Crippen LogP contribution in [0.2, 0.25) is 5.02 Å². The van der Waals surface area contributed by atoms with E-state index >= 15 is 0 Å². The molecule has 0 atom stereocenters. The maximum atomic E-state index is 12.4. The van der Waals surface area contributed by atoms with Gasteiger partial charge in [-0.05, 0) is 50.2 Å². The number of aromatic nitrogens is 2. The highest BCUT2D eigenvalue weighted by Crippen LogP contribution is 2.19. The quantitative estimate of drug-likeness (QED) is 0.916. The van der Waals surface area contributed by atoms with E-state index in [4.69, 9.17) is 11.6 Å². The van der Waals surface area contributed by atoms with Crippen molar-refractivity contribution in [3.8, 4) is 5.69 Å². The molecule has 6 heteroatoms. The summed E-state index contributed by atoms with van der Waals surface area (Å²) in [6, 6.07) is 7.19. The zero-order valence-corrected chi connectivity index (χ0v) is 13.8. The van der Waals surface area contributed by atoms with E-state index in [0.717, 1.165) is 25.3 Å². The van der Waals surface area contributed by atoms with Gasteiger partial charge >= 0.3 is 0 Å². The molecule has 2 aromatic rings. The van der Waals surface area contributed by atoms with Gasteiger partial charge in [0.25, 0.3) is 5.91 Å². The van der Waals surface area contributed by atoms with Crippen molar-refractivity contribution in [1.29, 1.82) is 0 Å². The van der Waals surface area contributed by atoms with Gasteiger partial charge < -0.3 is 10.2 Å². The Morgan fingerprint density at radius 2 is 2.09 bits per heavy atom. The van der Waals surface area contributed by atoms with Crippen LogP contribution in [-0.2, 0) is 0 Å². The molecule has 2 heterocycles. The number of carbonyl (C=O) groups is 1. The first kappa shape index (κ1) is 16.0. The SMILES string of the molecule is O=C(NCCN1CCCCC1)c1cc(-n2cccn2)ccc1Cl. The van der Waals surface area contributed by atoms with E-state index in [1.807, 2.05) is 18.3 Å². The monoisotopic (exact) mass is 332 g/mol. The molecule has 0 spiro atoms. The van der Waals surface area contributed by atoms with Crippen molar-refractivity contribution in [1.82, 2.24) is 20.0 Å². The van der Waals surface area contributed by atoms with Crippen LogP contribution >= 0.6 is 11.6 Å². The lowest BCUT2D eigenvalue weighted by Gasteiger charge is -2.26. The first-order valence-electron chi connectivity index (χ1n) is 8.04. The summed E-state index contributed by atoms with van der Waals surface area (Å²) in [4.78, 5) is 14.8.